The standard InChI is InChI=1S/C20H22N4O3S/c1-11(25)16-7-15(24(26)27)2-3-17(16)28-19-21-18(22-23-19)20-8-12-4-13(9-20)6-14(5-12)10-20/h2-3,7,12-14H,4-6,8-10H2,1H3,(H,21,22,23). The molecular weight excluding hydrogens is 376 g/mol. The predicted octanol–water partition coefficient (Wildman–Crippen LogP) is 4.53. The Balaban J connectivity index is 1.42. The van der Waals surface area contributed by atoms with Gasteiger partial charge in [0.15, 0.2) is 5.78 Å². The van der Waals surface area contributed by atoms with E-state index in [-0.39, 0.29) is 16.9 Å². The molecular formula is C20H22N4O3S. The summed E-state index contributed by atoms with van der Waals surface area (Å²) in [7, 11) is 0. The van der Waals surface area contributed by atoms with E-state index in [1.165, 1.54) is 69.3 Å². The highest BCUT2D eigenvalue weighted by Gasteiger charge is 2.53. The molecule has 0 radical (unpaired) electrons. The summed E-state index contributed by atoms with van der Waals surface area (Å²) in [5.74, 6) is 3.26. The molecule has 4 bridgehead atoms. The third-order valence-electron chi connectivity index (χ3n) is 6.76. The maximum absolute atomic E-state index is 12.0. The second kappa shape index (κ2) is 6.40. The lowest BCUT2D eigenvalue weighted by Crippen LogP contribution is -2.49. The minimum Gasteiger partial charge on any atom is -0.294 e. The fraction of sp³-hybridized carbons (Fsp3) is 0.550. The van der Waals surface area contributed by atoms with Gasteiger partial charge in [0.1, 0.15) is 5.82 Å². The van der Waals surface area contributed by atoms with Crippen molar-refractivity contribution < 1.29 is 9.72 Å². The van der Waals surface area contributed by atoms with E-state index in [0.29, 0.717) is 15.6 Å². The van der Waals surface area contributed by atoms with Gasteiger partial charge in [0, 0.05) is 28.0 Å². The molecule has 28 heavy (non-hydrogen) atoms. The maximum Gasteiger partial charge on any atom is 0.270 e. The molecule has 1 N–H and O–H groups in total. The second-order valence-electron chi connectivity index (χ2n) is 8.76. The van der Waals surface area contributed by atoms with Crippen LogP contribution in [0.25, 0.3) is 0 Å². The van der Waals surface area contributed by atoms with Gasteiger partial charge in [0.25, 0.3) is 5.69 Å². The van der Waals surface area contributed by atoms with E-state index in [1.807, 2.05) is 0 Å². The average molecular weight is 398 g/mol. The van der Waals surface area contributed by atoms with Crippen molar-refractivity contribution in [2.75, 3.05) is 0 Å². The molecule has 4 aliphatic rings. The minimum atomic E-state index is -0.487. The average Bonchev–Trinajstić information content (AvgIpc) is 3.10. The smallest absolute Gasteiger partial charge is 0.270 e. The second-order valence-corrected chi connectivity index (χ2v) is 9.77. The zero-order chi connectivity index (χ0) is 19.5. The van der Waals surface area contributed by atoms with Crippen molar-refractivity contribution >= 4 is 23.2 Å². The highest BCUT2D eigenvalue weighted by molar-refractivity contribution is 7.99. The Bertz CT molecular complexity index is 935. The van der Waals surface area contributed by atoms with Crippen LogP contribution in [0.4, 0.5) is 5.69 Å². The molecule has 1 aromatic heterocycles. The molecule has 0 spiro atoms. The number of H-pyrrole nitrogens is 1. The van der Waals surface area contributed by atoms with Crippen molar-refractivity contribution in [2.45, 2.75) is 60.9 Å². The van der Waals surface area contributed by atoms with Gasteiger partial charge < -0.3 is 0 Å². The van der Waals surface area contributed by atoms with E-state index < -0.39 is 4.92 Å². The number of nitrogens with zero attached hydrogens (tertiary/aromatic N) is 3. The van der Waals surface area contributed by atoms with Crippen molar-refractivity contribution in [3.05, 3.63) is 39.7 Å². The van der Waals surface area contributed by atoms with E-state index in [4.69, 9.17) is 4.98 Å². The Kier molecular flexibility index (Phi) is 4.08. The largest absolute Gasteiger partial charge is 0.294 e. The first kappa shape index (κ1) is 17.8. The SMILES string of the molecule is CC(=O)c1cc([N+](=O)[O-])ccc1Sc1n[nH]c(C23CC4CC(CC(C4)C2)C3)n1. The van der Waals surface area contributed by atoms with Crippen LogP contribution in [0.15, 0.2) is 28.3 Å². The number of carbonyl (C=O) groups excluding carboxylic acids is 1. The fourth-order valence-electron chi connectivity index (χ4n) is 6.02. The molecule has 1 heterocycles. The number of aromatic nitrogens is 3. The number of hydrogen-bond acceptors (Lipinski definition) is 6. The number of non-ortho nitro benzene ring substituents is 1. The zero-order valence-corrected chi connectivity index (χ0v) is 16.5. The van der Waals surface area contributed by atoms with Crippen LogP contribution in [0.3, 0.4) is 0 Å². The molecule has 0 atom stereocenters. The van der Waals surface area contributed by atoms with Gasteiger partial charge in [-0.05, 0) is 81.0 Å². The van der Waals surface area contributed by atoms with Crippen LogP contribution in [0.1, 0.15) is 61.6 Å². The number of carbonyl (C=O) groups is 1. The monoisotopic (exact) mass is 398 g/mol. The Hall–Kier alpha value is -2.22. The number of Topliss-reactive ketones (excluding diaryl/α,β-unsaturated/α-hetero) is 1. The van der Waals surface area contributed by atoms with Crippen LogP contribution in [0, 0.1) is 27.9 Å². The first-order valence-electron chi connectivity index (χ1n) is 9.82. The zero-order valence-electron chi connectivity index (χ0n) is 15.7. The Labute approximate surface area is 166 Å². The normalized spacial score (nSPS) is 30.5. The first-order valence-corrected chi connectivity index (χ1v) is 10.6. The van der Waals surface area contributed by atoms with E-state index in [2.05, 4.69) is 10.2 Å². The van der Waals surface area contributed by atoms with Crippen LogP contribution < -0.4 is 0 Å². The predicted molar refractivity (Wildman–Crippen MR) is 103 cm³/mol. The maximum atomic E-state index is 12.0. The summed E-state index contributed by atoms with van der Waals surface area (Å²) in [6, 6.07) is 4.36. The van der Waals surface area contributed by atoms with Crippen LogP contribution >= 0.6 is 11.8 Å². The van der Waals surface area contributed by atoms with Crippen molar-refractivity contribution in [1.29, 1.82) is 0 Å². The van der Waals surface area contributed by atoms with E-state index in [9.17, 15) is 14.9 Å². The van der Waals surface area contributed by atoms with Gasteiger partial charge in [-0.2, -0.15) is 0 Å². The number of nitrogens with one attached hydrogen (secondary N) is 1. The number of nitro groups is 1. The topological polar surface area (TPSA) is 102 Å². The summed E-state index contributed by atoms with van der Waals surface area (Å²) >= 11 is 1.29. The molecule has 2 aromatic rings. The quantitative estimate of drug-likeness (QED) is 0.451. The van der Waals surface area contributed by atoms with Gasteiger partial charge in [-0.25, -0.2) is 4.98 Å². The summed E-state index contributed by atoms with van der Waals surface area (Å²) < 4.78 is 0. The molecule has 146 valence electrons. The summed E-state index contributed by atoms with van der Waals surface area (Å²) in [6.07, 6.45) is 7.73. The van der Waals surface area contributed by atoms with Gasteiger partial charge in [-0.1, -0.05) is 0 Å². The lowest BCUT2D eigenvalue weighted by Gasteiger charge is -2.55. The Morgan fingerprint density at radius 3 is 2.43 bits per heavy atom. The molecule has 4 aliphatic carbocycles. The van der Waals surface area contributed by atoms with Crippen LogP contribution in [0.5, 0.6) is 0 Å². The van der Waals surface area contributed by atoms with Gasteiger partial charge in [0.05, 0.1) is 4.92 Å². The molecule has 0 saturated heterocycles. The molecule has 6 rings (SSSR count). The number of nitro benzene ring substituents is 1. The highest BCUT2D eigenvalue weighted by Crippen LogP contribution is 2.60. The van der Waals surface area contributed by atoms with Crippen LogP contribution in [-0.4, -0.2) is 25.9 Å². The van der Waals surface area contributed by atoms with Crippen molar-refractivity contribution in [3.63, 3.8) is 0 Å². The Morgan fingerprint density at radius 1 is 1.21 bits per heavy atom. The lowest BCUT2D eigenvalue weighted by atomic mass is 9.49. The highest BCUT2D eigenvalue weighted by atomic mass is 32.2. The number of benzene rings is 1. The number of ketones is 1. The minimum absolute atomic E-state index is 0.0845. The Morgan fingerprint density at radius 2 is 1.86 bits per heavy atom. The molecule has 1 aromatic carbocycles. The van der Waals surface area contributed by atoms with Crippen LogP contribution in [-0.2, 0) is 5.41 Å². The molecule has 0 aliphatic heterocycles. The van der Waals surface area contributed by atoms with E-state index in [1.54, 1.807) is 6.07 Å². The molecule has 8 heteroatoms. The van der Waals surface area contributed by atoms with Crippen molar-refractivity contribution in [2.24, 2.45) is 17.8 Å². The van der Waals surface area contributed by atoms with E-state index in [0.717, 1.165) is 23.6 Å². The van der Waals surface area contributed by atoms with Gasteiger partial charge in [-0.3, -0.25) is 20.0 Å². The molecule has 4 saturated carbocycles. The first-order chi connectivity index (χ1) is 13.4. The third-order valence-corrected chi connectivity index (χ3v) is 7.70. The summed E-state index contributed by atoms with van der Waals surface area (Å²) in [5.41, 5.74) is 0.388. The molecule has 0 unspecified atom stereocenters. The summed E-state index contributed by atoms with van der Waals surface area (Å²) in [6.45, 7) is 1.42. The number of rotatable bonds is 5. The van der Waals surface area contributed by atoms with Crippen molar-refractivity contribution in [3.8, 4) is 0 Å². The summed E-state index contributed by atoms with van der Waals surface area (Å²) in [5, 5.41) is 19.2. The fourth-order valence-corrected chi connectivity index (χ4v) is 6.90. The van der Waals surface area contributed by atoms with Gasteiger partial charge in [0.2, 0.25) is 5.16 Å². The number of aromatic amines is 1. The summed E-state index contributed by atoms with van der Waals surface area (Å²) in [4.78, 5) is 28.0. The third kappa shape index (κ3) is 2.94. The van der Waals surface area contributed by atoms with Crippen LogP contribution in [0.2, 0.25) is 0 Å². The van der Waals surface area contributed by atoms with E-state index >= 15 is 0 Å². The van der Waals surface area contributed by atoms with Gasteiger partial charge in [-0.15, -0.1) is 5.10 Å². The van der Waals surface area contributed by atoms with Gasteiger partial charge >= 0.3 is 0 Å². The molecule has 4 fully saturated rings. The molecule has 0 amide bonds. The lowest BCUT2D eigenvalue weighted by molar-refractivity contribution is -0.384. The molecule has 7 nitrogen and oxygen atoms in total. The van der Waals surface area contributed by atoms with Crippen molar-refractivity contribution in [1.82, 2.24) is 15.2 Å². The number of hydrogen-bond donors (Lipinski definition) is 1.